The molecular weight excluding hydrogens is 408 g/mol. The van der Waals surface area contributed by atoms with Gasteiger partial charge in [0.2, 0.25) is 5.95 Å². The van der Waals surface area contributed by atoms with E-state index < -0.39 is 0 Å². The van der Waals surface area contributed by atoms with E-state index in [1.807, 2.05) is 42.5 Å². The summed E-state index contributed by atoms with van der Waals surface area (Å²) in [6.45, 7) is 0.260. The van der Waals surface area contributed by atoms with E-state index in [1.54, 1.807) is 44.6 Å². The standard InChI is InChI=1S/C24H22N4O4/c1-30-18-12-13-20(21(14-18)31-2)22-25-24(28-27-22)26-23(29)19-11-7-6-8-16(19)15-32-17-9-4-3-5-10-17/h3-14H,15H2,1-2H3,(H2,25,26,27,28,29). The average molecular weight is 430 g/mol. The van der Waals surface area contributed by atoms with E-state index in [4.69, 9.17) is 14.2 Å². The lowest BCUT2D eigenvalue weighted by Gasteiger charge is -2.10. The summed E-state index contributed by atoms with van der Waals surface area (Å²) in [4.78, 5) is 17.3. The Hall–Kier alpha value is -4.33. The molecule has 0 radical (unpaired) electrons. The van der Waals surface area contributed by atoms with Gasteiger partial charge in [0, 0.05) is 17.2 Å². The van der Waals surface area contributed by atoms with Crippen molar-refractivity contribution >= 4 is 11.9 Å². The number of rotatable bonds is 8. The molecule has 0 aliphatic carbocycles. The third kappa shape index (κ3) is 4.70. The zero-order valence-corrected chi connectivity index (χ0v) is 17.7. The molecule has 8 nitrogen and oxygen atoms in total. The number of aromatic amines is 1. The Bertz CT molecular complexity index is 1210. The maximum absolute atomic E-state index is 12.9. The fraction of sp³-hybridized carbons (Fsp3) is 0.125. The summed E-state index contributed by atoms with van der Waals surface area (Å²) < 4.78 is 16.4. The van der Waals surface area contributed by atoms with Crippen LogP contribution < -0.4 is 19.5 Å². The molecule has 0 fully saturated rings. The van der Waals surface area contributed by atoms with E-state index in [1.165, 1.54) is 0 Å². The minimum atomic E-state index is -0.329. The Morgan fingerprint density at radius 2 is 1.72 bits per heavy atom. The molecular formula is C24H22N4O4. The van der Waals surface area contributed by atoms with Crippen LogP contribution in [0.2, 0.25) is 0 Å². The monoisotopic (exact) mass is 430 g/mol. The second kappa shape index (κ2) is 9.65. The van der Waals surface area contributed by atoms with Crippen LogP contribution in [-0.2, 0) is 6.61 Å². The maximum Gasteiger partial charge on any atom is 0.258 e. The maximum atomic E-state index is 12.9. The minimum Gasteiger partial charge on any atom is -0.497 e. The molecule has 3 aromatic carbocycles. The molecule has 1 aromatic heterocycles. The number of nitrogens with zero attached hydrogens (tertiary/aromatic N) is 2. The van der Waals surface area contributed by atoms with Crippen molar-refractivity contribution in [1.82, 2.24) is 15.2 Å². The first kappa shape index (κ1) is 20.9. The van der Waals surface area contributed by atoms with Crippen LogP contribution in [0.25, 0.3) is 11.4 Å². The molecule has 1 amide bonds. The number of carbonyl (C=O) groups excluding carboxylic acids is 1. The van der Waals surface area contributed by atoms with Crippen molar-refractivity contribution in [2.45, 2.75) is 6.61 Å². The first-order valence-corrected chi connectivity index (χ1v) is 9.90. The number of para-hydroxylation sites is 1. The number of amides is 1. The molecule has 0 saturated heterocycles. The number of carbonyl (C=O) groups is 1. The fourth-order valence-corrected chi connectivity index (χ4v) is 3.15. The highest BCUT2D eigenvalue weighted by Crippen LogP contribution is 2.31. The van der Waals surface area contributed by atoms with Crippen LogP contribution >= 0.6 is 0 Å². The van der Waals surface area contributed by atoms with Crippen molar-refractivity contribution in [2.75, 3.05) is 19.5 Å². The van der Waals surface area contributed by atoms with Gasteiger partial charge in [-0.2, -0.15) is 4.98 Å². The number of aromatic nitrogens is 3. The summed E-state index contributed by atoms with van der Waals surface area (Å²) in [5.41, 5.74) is 1.93. The van der Waals surface area contributed by atoms with Gasteiger partial charge in [-0.05, 0) is 30.3 Å². The highest BCUT2D eigenvalue weighted by molar-refractivity contribution is 6.04. The quantitative estimate of drug-likeness (QED) is 0.432. The van der Waals surface area contributed by atoms with Crippen LogP contribution in [0.1, 0.15) is 15.9 Å². The van der Waals surface area contributed by atoms with Crippen molar-refractivity contribution in [3.63, 3.8) is 0 Å². The first-order chi connectivity index (χ1) is 15.7. The Morgan fingerprint density at radius 1 is 0.938 bits per heavy atom. The SMILES string of the molecule is COc1ccc(-c2nc(NC(=O)c3ccccc3COc3ccccc3)n[nH]2)c(OC)c1. The smallest absolute Gasteiger partial charge is 0.258 e. The van der Waals surface area contributed by atoms with Crippen molar-refractivity contribution in [2.24, 2.45) is 0 Å². The molecule has 0 atom stereocenters. The van der Waals surface area contributed by atoms with Crippen molar-refractivity contribution in [3.05, 3.63) is 83.9 Å². The second-order valence-corrected chi connectivity index (χ2v) is 6.79. The average Bonchev–Trinajstić information content (AvgIpc) is 3.31. The second-order valence-electron chi connectivity index (χ2n) is 6.79. The molecule has 32 heavy (non-hydrogen) atoms. The number of ether oxygens (including phenoxy) is 3. The summed E-state index contributed by atoms with van der Waals surface area (Å²) >= 11 is 0. The fourth-order valence-electron chi connectivity index (χ4n) is 3.15. The molecule has 0 bridgehead atoms. The molecule has 4 rings (SSSR count). The van der Waals surface area contributed by atoms with Gasteiger partial charge < -0.3 is 14.2 Å². The van der Waals surface area contributed by atoms with E-state index in [0.717, 1.165) is 11.3 Å². The highest BCUT2D eigenvalue weighted by Gasteiger charge is 2.16. The number of nitrogens with one attached hydrogen (secondary N) is 2. The third-order valence-electron chi connectivity index (χ3n) is 4.77. The van der Waals surface area contributed by atoms with Gasteiger partial charge in [-0.15, -0.1) is 5.10 Å². The predicted molar refractivity (Wildman–Crippen MR) is 120 cm³/mol. The lowest BCUT2D eigenvalue weighted by molar-refractivity contribution is 0.102. The summed E-state index contributed by atoms with van der Waals surface area (Å²) in [6, 6.07) is 22.0. The van der Waals surface area contributed by atoms with Crippen LogP contribution in [0.4, 0.5) is 5.95 Å². The van der Waals surface area contributed by atoms with E-state index >= 15 is 0 Å². The molecule has 0 unspecified atom stereocenters. The number of methoxy groups -OCH3 is 2. The van der Waals surface area contributed by atoms with Gasteiger partial charge in [0.1, 0.15) is 23.9 Å². The van der Waals surface area contributed by atoms with Gasteiger partial charge in [0.15, 0.2) is 5.82 Å². The Kier molecular flexibility index (Phi) is 6.31. The molecule has 0 saturated carbocycles. The van der Waals surface area contributed by atoms with Crippen molar-refractivity contribution in [3.8, 4) is 28.6 Å². The van der Waals surface area contributed by atoms with Gasteiger partial charge >= 0.3 is 0 Å². The largest absolute Gasteiger partial charge is 0.497 e. The number of H-pyrrole nitrogens is 1. The molecule has 162 valence electrons. The lowest BCUT2D eigenvalue weighted by atomic mass is 10.1. The van der Waals surface area contributed by atoms with Crippen LogP contribution in [0.15, 0.2) is 72.8 Å². The normalized spacial score (nSPS) is 10.4. The van der Waals surface area contributed by atoms with Crippen molar-refractivity contribution in [1.29, 1.82) is 0 Å². The van der Waals surface area contributed by atoms with E-state index in [2.05, 4.69) is 20.5 Å². The minimum absolute atomic E-state index is 0.154. The topological polar surface area (TPSA) is 98.4 Å². The molecule has 0 aliphatic rings. The zero-order chi connectivity index (χ0) is 22.3. The van der Waals surface area contributed by atoms with Gasteiger partial charge in [0.25, 0.3) is 5.91 Å². The third-order valence-corrected chi connectivity index (χ3v) is 4.77. The van der Waals surface area contributed by atoms with Gasteiger partial charge in [0.05, 0.1) is 19.8 Å². The molecule has 0 aliphatic heterocycles. The molecule has 0 spiro atoms. The molecule has 2 N–H and O–H groups in total. The number of benzene rings is 3. The Labute approximate surface area is 185 Å². The summed E-state index contributed by atoms with van der Waals surface area (Å²) in [5, 5.41) is 9.68. The number of hydrogen-bond acceptors (Lipinski definition) is 6. The highest BCUT2D eigenvalue weighted by atomic mass is 16.5. The zero-order valence-electron chi connectivity index (χ0n) is 17.7. The van der Waals surface area contributed by atoms with E-state index in [-0.39, 0.29) is 18.5 Å². The van der Waals surface area contributed by atoms with E-state index in [0.29, 0.717) is 28.5 Å². The van der Waals surface area contributed by atoms with Gasteiger partial charge in [-0.25, -0.2) is 0 Å². The first-order valence-electron chi connectivity index (χ1n) is 9.90. The summed E-state index contributed by atoms with van der Waals surface area (Å²) in [5.74, 6) is 2.25. The van der Waals surface area contributed by atoms with Crippen LogP contribution in [0.3, 0.4) is 0 Å². The predicted octanol–water partition coefficient (Wildman–Crippen LogP) is 4.32. The number of hydrogen-bond donors (Lipinski definition) is 2. The van der Waals surface area contributed by atoms with Gasteiger partial charge in [-0.1, -0.05) is 36.4 Å². The Balaban J connectivity index is 1.49. The van der Waals surface area contributed by atoms with Crippen LogP contribution in [-0.4, -0.2) is 35.3 Å². The summed E-state index contributed by atoms with van der Waals surface area (Å²) in [7, 11) is 3.14. The summed E-state index contributed by atoms with van der Waals surface area (Å²) in [6.07, 6.45) is 0. The molecule has 1 heterocycles. The molecule has 8 heteroatoms. The Morgan fingerprint density at radius 3 is 2.50 bits per heavy atom. The van der Waals surface area contributed by atoms with Crippen molar-refractivity contribution < 1.29 is 19.0 Å². The molecule has 4 aromatic rings. The van der Waals surface area contributed by atoms with E-state index in [9.17, 15) is 4.79 Å². The van der Waals surface area contributed by atoms with Crippen LogP contribution in [0, 0.1) is 0 Å². The number of anilines is 1. The van der Waals surface area contributed by atoms with Crippen LogP contribution in [0.5, 0.6) is 17.2 Å². The van der Waals surface area contributed by atoms with Gasteiger partial charge in [-0.3, -0.25) is 15.2 Å². The lowest BCUT2D eigenvalue weighted by Crippen LogP contribution is -2.16.